The van der Waals surface area contributed by atoms with Crippen molar-refractivity contribution in [2.45, 2.75) is 16.2 Å². The second kappa shape index (κ2) is 5.16. The molecule has 1 heterocycles. The predicted octanol–water partition coefficient (Wildman–Crippen LogP) is 4.21. The van der Waals surface area contributed by atoms with Crippen molar-refractivity contribution in [3.8, 4) is 6.07 Å². The van der Waals surface area contributed by atoms with Gasteiger partial charge in [0.15, 0.2) is 4.34 Å². The predicted molar refractivity (Wildman–Crippen MR) is 84.0 cm³/mol. The number of aryl methyl sites for hydroxylation is 1. The van der Waals surface area contributed by atoms with Gasteiger partial charge in [0.2, 0.25) is 0 Å². The van der Waals surface area contributed by atoms with Crippen molar-refractivity contribution in [3.05, 3.63) is 47.5 Å². The van der Waals surface area contributed by atoms with Crippen molar-refractivity contribution in [3.63, 3.8) is 0 Å². The number of aromatic nitrogens is 1. The Balaban J connectivity index is 2.04. The van der Waals surface area contributed by atoms with E-state index < -0.39 is 0 Å². The van der Waals surface area contributed by atoms with Gasteiger partial charge < -0.3 is 5.73 Å². The van der Waals surface area contributed by atoms with Crippen LogP contribution in [-0.4, -0.2) is 4.98 Å². The average molecular weight is 297 g/mol. The number of thiazole rings is 1. The molecule has 5 heteroatoms. The van der Waals surface area contributed by atoms with Crippen LogP contribution >= 0.6 is 23.1 Å². The van der Waals surface area contributed by atoms with Gasteiger partial charge in [0.1, 0.15) is 6.07 Å². The third-order valence-electron chi connectivity index (χ3n) is 2.91. The van der Waals surface area contributed by atoms with Gasteiger partial charge in [-0.15, -0.1) is 11.3 Å². The molecule has 0 saturated carbocycles. The third kappa shape index (κ3) is 2.36. The molecule has 3 rings (SSSR count). The maximum atomic E-state index is 9.20. The summed E-state index contributed by atoms with van der Waals surface area (Å²) in [5, 5.41) is 9.20. The van der Waals surface area contributed by atoms with Gasteiger partial charge >= 0.3 is 0 Å². The number of hydrogen-bond donors (Lipinski definition) is 1. The summed E-state index contributed by atoms with van der Waals surface area (Å²) in [7, 11) is 0. The number of nitrogens with two attached hydrogens (primary N) is 1. The van der Waals surface area contributed by atoms with E-state index in [2.05, 4.69) is 11.1 Å². The van der Waals surface area contributed by atoms with Crippen molar-refractivity contribution < 1.29 is 0 Å². The molecule has 0 aliphatic heterocycles. The Morgan fingerprint density at radius 3 is 2.95 bits per heavy atom. The second-order valence-electron chi connectivity index (χ2n) is 4.37. The van der Waals surface area contributed by atoms with Crippen molar-refractivity contribution >= 4 is 39.0 Å². The summed E-state index contributed by atoms with van der Waals surface area (Å²) in [6.07, 6.45) is 0. The summed E-state index contributed by atoms with van der Waals surface area (Å²) in [4.78, 5) is 5.56. The molecular weight excluding hydrogens is 286 g/mol. The van der Waals surface area contributed by atoms with Crippen LogP contribution in [0.25, 0.3) is 10.2 Å². The molecule has 2 N–H and O–H groups in total. The molecule has 20 heavy (non-hydrogen) atoms. The van der Waals surface area contributed by atoms with E-state index in [4.69, 9.17) is 5.73 Å². The maximum absolute atomic E-state index is 9.20. The molecule has 0 atom stereocenters. The summed E-state index contributed by atoms with van der Waals surface area (Å²) in [6, 6.07) is 13.7. The number of nitriles is 1. The zero-order valence-corrected chi connectivity index (χ0v) is 12.4. The number of fused-ring (bicyclic) bond motifs is 1. The van der Waals surface area contributed by atoms with Crippen LogP contribution in [0.1, 0.15) is 11.1 Å². The van der Waals surface area contributed by atoms with Crippen LogP contribution in [0.4, 0.5) is 5.69 Å². The number of rotatable bonds is 2. The molecule has 0 aliphatic rings. The van der Waals surface area contributed by atoms with Crippen LogP contribution < -0.4 is 5.73 Å². The fraction of sp³-hybridized carbons (Fsp3) is 0.0667. The van der Waals surface area contributed by atoms with Gasteiger partial charge in [-0.2, -0.15) is 5.26 Å². The van der Waals surface area contributed by atoms with Crippen LogP contribution in [0.3, 0.4) is 0 Å². The van der Waals surface area contributed by atoms with Gasteiger partial charge in [0.05, 0.1) is 15.8 Å². The summed E-state index contributed by atoms with van der Waals surface area (Å²) in [5.41, 5.74) is 9.25. The van der Waals surface area contributed by atoms with Gasteiger partial charge in [-0.1, -0.05) is 23.9 Å². The maximum Gasteiger partial charge on any atom is 0.155 e. The summed E-state index contributed by atoms with van der Waals surface area (Å²) in [5.74, 6) is 0. The molecular formula is C15H11N3S2. The minimum Gasteiger partial charge on any atom is -0.399 e. The number of benzene rings is 2. The van der Waals surface area contributed by atoms with Gasteiger partial charge in [0, 0.05) is 10.6 Å². The molecule has 98 valence electrons. The fourth-order valence-corrected chi connectivity index (χ4v) is 4.13. The van der Waals surface area contributed by atoms with Crippen molar-refractivity contribution in [2.75, 3.05) is 5.73 Å². The Kier molecular flexibility index (Phi) is 3.35. The monoisotopic (exact) mass is 297 g/mol. The van der Waals surface area contributed by atoms with E-state index in [1.165, 1.54) is 0 Å². The van der Waals surface area contributed by atoms with E-state index in [1.54, 1.807) is 23.1 Å². The van der Waals surface area contributed by atoms with Crippen LogP contribution in [-0.2, 0) is 0 Å². The zero-order chi connectivity index (χ0) is 14.1. The van der Waals surface area contributed by atoms with E-state index in [-0.39, 0.29) is 0 Å². The standard InChI is InChI=1S/C15H11N3S2/c1-9-3-2-4-10(8-16)14(9)20-15-18-12-6-5-11(17)7-13(12)19-15/h2-7H,17H2,1H3. The molecule has 0 fully saturated rings. The molecule has 0 unspecified atom stereocenters. The normalized spacial score (nSPS) is 10.6. The van der Waals surface area contributed by atoms with Crippen LogP contribution in [0, 0.1) is 18.3 Å². The number of nitrogen functional groups attached to an aromatic ring is 1. The van der Waals surface area contributed by atoms with E-state index in [1.807, 2.05) is 43.3 Å². The first kappa shape index (κ1) is 13.0. The summed E-state index contributed by atoms with van der Waals surface area (Å²) in [6.45, 7) is 2.01. The minimum atomic E-state index is 0.689. The molecule has 2 aromatic carbocycles. The quantitative estimate of drug-likeness (QED) is 0.720. The first-order valence-electron chi connectivity index (χ1n) is 6.01. The fourth-order valence-electron chi connectivity index (χ4n) is 1.93. The highest BCUT2D eigenvalue weighted by Gasteiger charge is 2.11. The Morgan fingerprint density at radius 1 is 1.30 bits per heavy atom. The molecule has 0 spiro atoms. The third-order valence-corrected chi connectivity index (χ3v) is 5.24. The Hall–Kier alpha value is -2.03. The smallest absolute Gasteiger partial charge is 0.155 e. The first-order valence-corrected chi connectivity index (χ1v) is 7.64. The molecule has 0 bridgehead atoms. The Morgan fingerprint density at radius 2 is 2.15 bits per heavy atom. The van der Waals surface area contributed by atoms with E-state index >= 15 is 0 Å². The van der Waals surface area contributed by atoms with Crippen LogP contribution in [0.15, 0.2) is 45.6 Å². The number of nitrogens with zero attached hydrogens (tertiary/aromatic N) is 2. The van der Waals surface area contributed by atoms with Crippen molar-refractivity contribution in [1.82, 2.24) is 4.98 Å². The average Bonchev–Trinajstić information content (AvgIpc) is 2.82. The highest BCUT2D eigenvalue weighted by atomic mass is 32.2. The van der Waals surface area contributed by atoms with Gasteiger partial charge in [0.25, 0.3) is 0 Å². The zero-order valence-electron chi connectivity index (χ0n) is 10.8. The number of hydrogen-bond acceptors (Lipinski definition) is 5. The molecule has 0 saturated heterocycles. The Labute approximate surface area is 125 Å². The summed E-state index contributed by atoms with van der Waals surface area (Å²) >= 11 is 3.14. The van der Waals surface area contributed by atoms with Gasteiger partial charge in [-0.25, -0.2) is 4.98 Å². The van der Waals surface area contributed by atoms with Crippen LogP contribution in [0.5, 0.6) is 0 Å². The largest absolute Gasteiger partial charge is 0.399 e. The van der Waals surface area contributed by atoms with Crippen molar-refractivity contribution in [1.29, 1.82) is 5.26 Å². The Bertz CT molecular complexity index is 831. The SMILES string of the molecule is Cc1cccc(C#N)c1Sc1nc2ccc(N)cc2s1. The lowest BCUT2D eigenvalue weighted by molar-refractivity contribution is 1.24. The molecule has 0 amide bonds. The highest BCUT2D eigenvalue weighted by molar-refractivity contribution is 8.01. The molecule has 0 radical (unpaired) electrons. The highest BCUT2D eigenvalue weighted by Crippen LogP contribution is 2.37. The molecule has 0 aliphatic carbocycles. The van der Waals surface area contributed by atoms with E-state index in [9.17, 15) is 5.26 Å². The molecule has 3 nitrogen and oxygen atoms in total. The number of anilines is 1. The molecule has 3 aromatic rings. The lowest BCUT2D eigenvalue weighted by atomic mass is 10.1. The van der Waals surface area contributed by atoms with Crippen LogP contribution in [0.2, 0.25) is 0 Å². The lowest BCUT2D eigenvalue weighted by Gasteiger charge is -2.04. The summed E-state index contributed by atoms with van der Waals surface area (Å²) < 4.78 is 2.00. The van der Waals surface area contributed by atoms with Gasteiger partial charge in [-0.3, -0.25) is 0 Å². The second-order valence-corrected chi connectivity index (χ2v) is 6.66. The minimum absolute atomic E-state index is 0.689. The van der Waals surface area contributed by atoms with E-state index in [0.29, 0.717) is 5.56 Å². The first-order chi connectivity index (χ1) is 9.67. The lowest BCUT2D eigenvalue weighted by Crippen LogP contribution is -1.85. The van der Waals surface area contributed by atoms with Gasteiger partial charge in [-0.05, 0) is 36.8 Å². The van der Waals surface area contributed by atoms with Crippen molar-refractivity contribution in [2.24, 2.45) is 0 Å². The van der Waals surface area contributed by atoms with E-state index in [0.717, 1.165) is 30.7 Å². The molecule has 1 aromatic heterocycles. The topological polar surface area (TPSA) is 62.7 Å².